The fourth-order valence-corrected chi connectivity index (χ4v) is 9.12. The smallest absolute Gasteiger partial charge is 0.410 e. The van der Waals surface area contributed by atoms with Crippen molar-refractivity contribution in [2.75, 3.05) is 39.3 Å². The number of carbonyl (C=O) groups is 3. The van der Waals surface area contributed by atoms with Crippen LogP contribution in [0.5, 0.6) is 5.75 Å². The maximum Gasteiger partial charge on any atom is 0.410 e. The lowest BCUT2D eigenvalue weighted by molar-refractivity contribution is -0.199. The van der Waals surface area contributed by atoms with Crippen molar-refractivity contribution in [3.05, 3.63) is 63.7 Å². The lowest BCUT2D eigenvalue weighted by Crippen LogP contribution is -2.74. The topological polar surface area (TPSA) is 106 Å². The third kappa shape index (κ3) is 6.60. The molecule has 0 atom stereocenters. The zero-order valence-corrected chi connectivity index (χ0v) is 30.5. The summed E-state index contributed by atoms with van der Waals surface area (Å²) in [6.45, 7) is 18.8. The molecule has 1 saturated carbocycles. The Morgan fingerprint density at radius 3 is 2.16 bits per heavy atom. The molecular weight excluding hydrogens is 642 g/mol. The molecule has 6 rings (SSSR count). The van der Waals surface area contributed by atoms with E-state index in [0.29, 0.717) is 66.2 Å². The Morgan fingerprint density at radius 1 is 0.918 bits per heavy atom. The number of nitriles is 1. The molecule has 3 aliphatic heterocycles. The van der Waals surface area contributed by atoms with E-state index in [0.717, 1.165) is 31.5 Å². The molecular formula is C38H48ClN5O5. The van der Waals surface area contributed by atoms with E-state index in [9.17, 15) is 19.6 Å². The number of piperidine rings is 1. The summed E-state index contributed by atoms with van der Waals surface area (Å²) in [5, 5.41) is 9.58. The van der Waals surface area contributed by atoms with Crippen LogP contribution in [0.15, 0.2) is 36.4 Å². The van der Waals surface area contributed by atoms with Crippen molar-refractivity contribution >= 4 is 29.5 Å². The van der Waals surface area contributed by atoms with E-state index in [-0.39, 0.29) is 40.9 Å². The van der Waals surface area contributed by atoms with Gasteiger partial charge >= 0.3 is 6.09 Å². The van der Waals surface area contributed by atoms with Gasteiger partial charge in [0.1, 0.15) is 23.5 Å². The molecule has 0 spiro atoms. The maximum absolute atomic E-state index is 13.8. The molecule has 2 saturated heterocycles. The molecule has 0 unspecified atom stereocenters. The Kier molecular flexibility index (Phi) is 9.16. The quantitative estimate of drug-likeness (QED) is 0.368. The molecule has 3 heterocycles. The van der Waals surface area contributed by atoms with Crippen molar-refractivity contribution < 1.29 is 23.9 Å². The first-order chi connectivity index (χ1) is 23.0. The van der Waals surface area contributed by atoms with Crippen molar-refractivity contribution in [1.82, 2.24) is 19.6 Å². The van der Waals surface area contributed by atoms with Crippen molar-refractivity contribution in [1.29, 1.82) is 5.26 Å². The Hall–Kier alpha value is -3.81. The predicted molar refractivity (Wildman–Crippen MR) is 187 cm³/mol. The number of hydrogen-bond acceptors (Lipinski definition) is 7. The van der Waals surface area contributed by atoms with Gasteiger partial charge in [0.05, 0.1) is 10.6 Å². The molecule has 0 radical (unpaired) electrons. The molecule has 0 bridgehead atoms. The fourth-order valence-electron chi connectivity index (χ4n) is 8.91. The second-order valence-corrected chi connectivity index (χ2v) is 16.5. The van der Waals surface area contributed by atoms with Gasteiger partial charge in [0.15, 0.2) is 0 Å². The molecule has 3 fully saturated rings. The lowest BCUT2D eigenvalue weighted by atomic mass is 9.49. The number of piperazine rings is 1. The fraction of sp³-hybridized carbons (Fsp3) is 0.579. The van der Waals surface area contributed by atoms with Crippen LogP contribution in [0.1, 0.15) is 93.2 Å². The van der Waals surface area contributed by atoms with Crippen molar-refractivity contribution in [3.8, 4) is 11.8 Å². The Labute approximate surface area is 294 Å². The molecule has 10 nitrogen and oxygen atoms in total. The van der Waals surface area contributed by atoms with Crippen LogP contribution in [-0.4, -0.2) is 101 Å². The lowest BCUT2D eigenvalue weighted by Gasteiger charge is -2.65. The highest BCUT2D eigenvalue weighted by Gasteiger charge is 2.67. The van der Waals surface area contributed by atoms with Gasteiger partial charge in [-0.1, -0.05) is 39.3 Å². The SMILES string of the molecule is CC(C)(C)OC(=O)N1CCC(N2CCN(C(=O)c3ccc4c(c3)CN(C3C(C)(C)C(Oc5ccc(C#N)c(Cl)c5)C3(C)C)C4=O)CC2)CC1. The predicted octanol–water partition coefficient (Wildman–Crippen LogP) is 6.21. The number of likely N-dealkylation sites (tertiary alicyclic amines) is 1. The highest BCUT2D eigenvalue weighted by atomic mass is 35.5. The molecule has 2 aromatic rings. The molecule has 0 N–H and O–H groups in total. The van der Waals surface area contributed by atoms with E-state index in [1.54, 1.807) is 29.2 Å². The van der Waals surface area contributed by atoms with E-state index < -0.39 is 5.60 Å². The van der Waals surface area contributed by atoms with Crippen LogP contribution in [0.3, 0.4) is 0 Å². The van der Waals surface area contributed by atoms with Crippen LogP contribution in [0.4, 0.5) is 4.79 Å². The molecule has 262 valence electrons. The van der Waals surface area contributed by atoms with Crippen molar-refractivity contribution in [3.63, 3.8) is 0 Å². The third-order valence-electron chi connectivity index (χ3n) is 10.8. The highest BCUT2D eigenvalue weighted by Crippen LogP contribution is 2.59. The Morgan fingerprint density at radius 2 is 1.57 bits per heavy atom. The summed E-state index contributed by atoms with van der Waals surface area (Å²) in [6.07, 6.45) is 1.35. The first-order valence-corrected chi connectivity index (χ1v) is 17.7. The minimum absolute atomic E-state index is 0.00746. The number of benzene rings is 2. The zero-order valence-electron chi connectivity index (χ0n) is 29.7. The summed E-state index contributed by atoms with van der Waals surface area (Å²) in [5.41, 5.74) is 1.29. The number of hydrogen-bond donors (Lipinski definition) is 0. The van der Waals surface area contributed by atoms with Gasteiger partial charge < -0.3 is 24.2 Å². The first kappa shape index (κ1) is 35.0. The normalized spacial score (nSPS) is 23.8. The van der Waals surface area contributed by atoms with Gasteiger partial charge in [-0.2, -0.15) is 5.26 Å². The number of amides is 3. The molecule has 1 aliphatic carbocycles. The second-order valence-electron chi connectivity index (χ2n) is 16.1. The zero-order chi connectivity index (χ0) is 35.5. The van der Waals surface area contributed by atoms with E-state index >= 15 is 0 Å². The maximum atomic E-state index is 13.8. The molecule has 2 aromatic carbocycles. The van der Waals surface area contributed by atoms with Gasteiger partial charge in [-0.25, -0.2) is 4.79 Å². The molecule has 0 aromatic heterocycles. The average Bonchev–Trinajstić information content (AvgIpc) is 3.36. The summed E-state index contributed by atoms with van der Waals surface area (Å²) < 4.78 is 12.0. The summed E-state index contributed by atoms with van der Waals surface area (Å²) in [7, 11) is 0. The van der Waals surface area contributed by atoms with Gasteiger partial charge in [0.2, 0.25) is 0 Å². The molecule has 3 amide bonds. The monoisotopic (exact) mass is 689 g/mol. The van der Waals surface area contributed by atoms with Crippen LogP contribution in [-0.2, 0) is 11.3 Å². The van der Waals surface area contributed by atoms with E-state index in [2.05, 4.69) is 38.7 Å². The van der Waals surface area contributed by atoms with E-state index in [1.165, 1.54) is 0 Å². The minimum Gasteiger partial charge on any atom is -0.489 e. The first-order valence-electron chi connectivity index (χ1n) is 17.3. The average molecular weight is 690 g/mol. The number of fused-ring (bicyclic) bond motifs is 1. The van der Waals surface area contributed by atoms with Crippen LogP contribution in [0.2, 0.25) is 5.02 Å². The highest BCUT2D eigenvalue weighted by molar-refractivity contribution is 6.31. The van der Waals surface area contributed by atoms with Crippen LogP contribution >= 0.6 is 11.6 Å². The summed E-state index contributed by atoms with van der Waals surface area (Å²) >= 11 is 6.27. The summed E-state index contributed by atoms with van der Waals surface area (Å²) in [4.78, 5) is 48.0. The molecule has 4 aliphatic rings. The number of ether oxygens (including phenoxy) is 2. The summed E-state index contributed by atoms with van der Waals surface area (Å²) in [5.74, 6) is 0.565. The Bertz CT molecular complexity index is 1660. The minimum atomic E-state index is -0.501. The van der Waals surface area contributed by atoms with Gasteiger partial charge in [-0.15, -0.1) is 0 Å². The van der Waals surface area contributed by atoms with Gasteiger partial charge in [0.25, 0.3) is 11.8 Å². The number of carbonyl (C=O) groups excluding carboxylic acids is 3. The van der Waals surface area contributed by atoms with Crippen LogP contribution < -0.4 is 4.74 Å². The van der Waals surface area contributed by atoms with E-state index in [1.807, 2.05) is 42.7 Å². The third-order valence-corrected chi connectivity index (χ3v) is 11.1. The number of rotatable bonds is 5. The van der Waals surface area contributed by atoms with Gasteiger partial charge in [-0.3, -0.25) is 14.5 Å². The van der Waals surface area contributed by atoms with Crippen LogP contribution in [0, 0.1) is 22.2 Å². The van der Waals surface area contributed by atoms with Crippen LogP contribution in [0.25, 0.3) is 0 Å². The number of halogens is 1. The Balaban J connectivity index is 1.05. The largest absolute Gasteiger partial charge is 0.489 e. The standard InChI is InChI=1S/C38H48ClN5O5/c1-36(2,3)49-35(47)43-14-12-27(13-15-43)41-16-18-42(19-17-41)31(45)24-9-11-29-26(20-24)23-44(32(29)46)33-37(4,5)34(38(33,6)7)48-28-10-8-25(22-40)30(39)21-28/h8-11,20-21,27,33-34H,12-19,23H2,1-7H3. The van der Waals surface area contributed by atoms with Crippen molar-refractivity contribution in [2.24, 2.45) is 10.8 Å². The van der Waals surface area contributed by atoms with Gasteiger partial charge in [0, 0.05) is 85.9 Å². The molecule has 11 heteroatoms. The van der Waals surface area contributed by atoms with Gasteiger partial charge in [-0.05, 0) is 69.5 Å². The summed E-state index contributed by atoms with van der Waals surface area (Å²) in [6, 6.07) is 13.0. The van der Waals surface area contributed by atoms with E-state index in [4.69, 9.17) is 21.1 Å². The second kappa shape index (κ2) is 12.8. The number of nitrogens with zero attached hydrogens (tertiary/aromatic N) is 5. The van der Waals surface area contributed by atoms with Crippen molar-refractivity contribution in [2.45, 2.75) is 91.6 Å². The molecule has 49 heavy (non-hydrogen) atoms.